The van der Waals surface area contributed by atoms with Crippen molar-refractivity contribution >= 4 is 27.5 Å². The van der Waals surface area contributed by atoms with Crippen LogP contribution in [-0.4, -0.2) is 44.0 Å². The monoisotopic (exact) mass is 314 g/mol. The fourth-order valence-electron chi connectivity index (χ4n) is 2.04. The van der Waals surface area contributed by atoms with Crippen LogP contribution in [0.2, 0.25) is 0 Å². The van der Waals surface area contributed by atoms with E-state index >= 15 is 0 Å². The lowest BCUT2D eigenvalue weighted by molar-refractivity contribution is 0.311. The molecule has 4 nitrogen and oxygen atoms in total. The zero-order valence-electron chi connectivity index (χ0n) is 10.2. The van der Waals surface area contributed by atoms with E-state index in [2.05, 4.69) is 27.9 Å². The van der Waals surface area contributed by atoms with Crippen LogP contribution in [0, 0.1) is 11.2 Å². The first kappa shape index (κ1) is 13.3. The second-order valence-electron chi connectivity index (χ2n) is 4.46. The number of benzene rings is 1. The second kappa shape index (κ2) is 5.24. The van der Waals surface area contributed by atoms with Crippen LogP contribution in [0.25, 0.3) is 0 Å². The first-order valence-corrected chi connectivity index (χ1v) is 6.56. The number of nitrogen functional groups attached to an aromatic ring is 1. The molecule has 1 saturated heterocycles. The van der Waals surface area contributed by atoms with Crippen molar-refractivity contribution in [1.29, 1.82) is 5.41 Å². The number of rotatable bonds is 2. The zero-order valence-corrected chi connectivity index (χ0v) is 11.8. The van der Waals surface area contributed by atoms with E-state index in [1.807, 2.05) is 4.90 Å². The van der Waals surface area contributed by atoms with E-state index in [0.29, 0.717) is 11.3 Å². The molecule has 1 heterocycles. The minimum Gasteiger partial charge on any atom is -0.384 e. The molecule has 98 valence electrons. The molecule has 0 aromatic heterocycles. The van der Waals surface area contributed by atoms with Gasteiger partial charge in [0.25, 0.3) is 0 Å². The Morgan fingerprint density at radius 2 is 1.94 bits per heavy atom. The van der Waals surface area contributed by atoms with Gasteiger partial charge < -0.3 is 15.5 Å². The van der Waals surface area contributed by atoms with Crippen molar-refractivity contribution in [3.05, 3.63) is 28.0 Å². The fourth-order valence-corrected chi connectivity index (χ4v) is 2.59. The summed E-state index contributed by atoms with van der Waals surface area (Å²) in [6, 6.07) is 3.38. The largest absolute Gasteiger partial charge is 0.384 e. The van der Waals surface area contributed by atoms with Crippen molar-refractivity contribution in [3.8, 4) is 0 Å². The molecular weight excluding hydrogens is 299 g/mol. The number of nitrogens with one attached hydrogen (secondary N) is 1. The predicted octanol–water partition coefficient (Wildman–Crippen LogP) is 1.62. The molecule has 0 saturated carbocycles. The Balaban J connectivity index is 2.30. The molecule has 2 rings (SSSR count). The van der Waals surface area contributed by atoms with Crippen LogP contribution in [-0.2, 0) is 0 Å². The molecule has 1 aliphatic rings. The number of hydrogen-bond donors (Lipinski definition) is 2. The Hall–Kier alpha value is -1.14. The highest BCUT2D eigenvalue weighted by Crippen LogP contribution is 2.29. The van der Waals surface area contributed by atoms with Gasteiger partial charge in [-0.1, -0.05) is 0 Å². The number of amidine groups is 1. The highest BCUT2D eigenvalue weighted by Gasteiger charge is 2.20. The van der Waals surface area contributed by atoms with E-state index < -0.39 is 0 Å². The van der Waals surface area contributed by atoms with Gasteiger partial charge >= 0.3 is 0 Å². The van der Waals surface area contributed by atoms with Crippen molar-refractivity contribution in [2.24, 2.45) is 5.73 Å². The summed E-state index contributed by atoms with van der Waals surface area (Å²) >= 11 is 3.18. The number of hydrogen-bond acceptors (Lipinski definition) is 3. The summed E-state index contributed by atoms with van der Waals surface area (Å²) in [6.07, 6.45) is 0. The molecule has 0 unspecified atom stereocenters. The maximum atomic E-state index is 14.2. The Morgan fingerprint density at radius 3 is 2.50 bits per heavy atom. The van der Waals surface area contributed by atoms with Gasteiger partial charge in [-0.25, -0.2) is 4.39 Å². The Bertz CT molecular complexity index is 469. The van der Waals surface area contributed by atoms with Crippen LogP contribution in [0.4, 0.5) is 10.1 Å². The molecule has 0 spiro atoms. The third-order valence-corrected chi connectivity index (χ3v) is 3.97. The molecule has 18 heavy (non-hydrogen) atoms. The lowest BCUT2D eigenvalue weighted by Gasteiger charge is -2.34. The quantitative estimate of drug-likeness (QED) is 0.644. The van der Waals surface area contributed by atoms with Crippen LogP contribution in [0.1, 0.15) is 5.56 Å². The smallest absolute Gasteiger partial charge is 0.161 e. The standard InChI is InChI=1S/C12H16BrFN4/c1-17-4-6-18(7-5-17)9-3-2-8(12(15)16)10(13)11(9)14/h2-3H,4-7H2,1H3,(H3,15,16). The molecule has 0 bridgehead atoms. The molecule has 0 atom stereocenters. The van der Waals surface area contributed by atoms with Crippen molar-refractivity contribution in [2.75, 3.05) is 38.1 Å². The Morgan fingerprint density at radius 1 is 1.33 bits per heavy atom. The molecule has 0 radical (unpaired) electrons. The van der Waals surface area contributed by atoms with E-state index in [4.69, 9.17) is 11.1 Å². The van der Waals surface area contributed by atoms with Crippen molar-refractivity contribution < 1.29 is 4.39 Å². The minimum atomic E-state index is -0.341. The third kappa shape index (κ3) is 2.49. The molecule has 6 heteroatoms. The Kier molecular flexibility index (Phi) is 3.87. The number of anilines is 1. The van der Waals surface area contributed by atoms with E-state index in [9.17, 15) is 4.39 Å². The first-order chi connectivity index (χ1) is 8.50. The lowest BCUT2D eigenvalue weighted by atomic mass is 10.1. The van der Waals surface area contributed by atoms with Gasteiger partial charge in [0.1, 0.15) is 5.84 Å². The van der Waals surface area contributed by atoms with E-state index in [0.717, 1.165) is 26.2 Å². The summed E-state index contributed by atoms with van der Waals surface area (Å²) in [4.78, 5) is 4.23. The maximum absolute atomic E-state index is 14.2. The molecule has 0 amide bonds. The summed E-state index contributed by atoms with van der Waals surface area (Å²) in [5.74, 6) is -0.474. The maximum Gasteiger partial charge on any atom is 0.161 e. The molecule has 3 N–H and O–H groups in total. The molecule has 1 fully saturated rings. The van der Waals surface area contributed by atoms with Crippen LogP contribution < -0.4 is 10.6 Å². The fraction of sp³-hybridized carbons (Fsp3) is 0.417. The molecular formula is C12H16BrFN4. The first-order valence-electron chi connectivity index (χ1n) is 5.76. The van der Waals surface area contributed by atoms with Gasteiger partial charge in [-0.05, 0) is 35.1 Å². The number of halogens is 2. The highest BCUT2D eigenvalue weighted by molar-refractivity contribution is 9.10. The summed E-state index contributed by atoms with van der Waals surface area (Å²) in [5.41, 5.74) is 6.36. The van der Waals surface area contributed by atoms with Crippen LogP contribution in [0.3, 0.4) is 0 Å². The molecule has 1 aliphatic heterocycles. The summed E-state index contributed by atoms with van der Waals surface area (Å²) < 4.78 is 14.5. The minimum absolute atomic E-state index is 0.134. The normalized spacial score (nSPS) is 16.9. The van der Waals surface area contributed by atoms with Crippen molar-refractivity contribution in [2.45, 2.75) is 0 Å². The average Bonchev–Trinajstić information content (AvgIpc) is 2.33. The van der Waals surface area contributed by atoms with E-state index in [1.54, 1.807) is 12.1 Å². The summed E-state index contributed by atoms with van der Waals surface area (Å²) in [7, 11) is 2.06. The topological polar surface area (TPSA) is 56.4 Å². The van der Waals surface area contributed by atoms with E-state index in [-0.39, 0.29) is 16.1 Å². The zero-order chi connectivity index (χ0) is 13.3. The van der Waals surface area contributed by atoms with Crippen molar-refractivity contribution in [1.82, 2.24) is 4.90 Å². The van der Waals surface area contributed by atoms with Gasteiger partial charge in [0.05, 0.1) is 10.2 Å². The molecule has 1 aromatic carbocycles. The summed E-state index contributed by atoms with van der Waals surface area (Å²) in [6.45, 7) is 3.45. The number of piperazine rings is 1. The molecule has 1 aromatic rings. The van der Waals surface area contributed by atoms with Gasteiger partial charge in [0.2, 0.25) is 0 Å². The second-order valence-corrected chi connectivity index (χ2v) is 5.26. The molecule has 0 aliphatic carbocycles. The number of likely N-dealkylation sites (N-methyl/N-ethyl adjacent to an activating group) is 1. The van der Waals surface area contributed by atoms with Gasteiger partial charge in [-0.3, -0.25) is 5.41 Å². The lowest BCUT2D eigenvalue weighted by Crippen LogP contribution is -2.44. The average molecular weight is 315 g/mol. The van der Waals surface area contributed by atoms with Crippen molar-refractivity contribution in [3.63, 3.8) is 0 Å². The van der Waals surface area contributed by atoms with E-state index in [1.165, 1.54) is 0 Å². The van der Waals surface area contributed by atoms with Crippen LogP contribution in [0.5, 0.6) is 0 Å². The van der Waals surface area contributed by atoms with Crippen LogP contribution in [0.15, 0.2) is 16.6 Å². The van der Waals surface area contributed by atoms with Gasteiger partial charge in [-0.2, -0.15) is 0 Å². The highest BCUT2D eigenvalue weighted by atomic mass is 79.9. The predicted molar refractivity (Wildman–Crippen MR) is 74.8 cm³/mol. The van der Waals surface area contributed by atoms with Gasteiger partial charge in [-0.15, -0.1) is 0 Å². The number of nitrogens with zero attached hydrogens (tertiary/aromatic N) is 2. The number of nitrogens with two attached hydrogens (primary N) is 1. The van der Waals surface area contributed by atoms with Crippen LogP contribution >= 0.6 is 15.9 Å². The summed E-state index contributed by atoms with van der Waals surface area (Å²) in [5, 5.41) is 7.38. The SMILES string of the molecule is CN1CCN(c2ccc(C(=N)N)c(Br)c2F)CC1. The Labute approximate surface area is 114 Å². The van der Waals surface area contributed by atoms with Gasteiger partial charge in [0, 0.05) is 31.7 Å². The van der Waals surface area contributed by atoms with Gasteiger partial charge in [0.15, 0.2) is 5.82 Å². The third-order valence-electron chi connectivity index (χ3n) is 3.20.